The van der Waals surface area contributed by atoms with E-state index in [1.807, 2.05) is 11.3 Å². The van der Waals surface area contributed by atoms with Crippen molar-refractivity contribution >= 4 is 27.3 Å². The molecule has 1 fully saturated rings. The number of nitrogens with one attached hydrogen (secondary N) is 1. The highest BCUT2D eigenvalue weighted by molar-refractivity contribution is 9.10. The topological polar surface area (TPSA) is 15.3 Å². The van der Waals surface area contributed by atoms with E-state index in [0.717, 1.165) is 13.0 Å². The molecule has 0 bridgehead atoms. The highest BCUT2D eigenvalue weighted by Crippen LogP contribution is 2.31. The molecule has 0 radical (unpaired) electrons. The Morgan fingerprint density at radius 3 is 2.57 bits per heavy atom. The lowest BCUT2D eigenvalue weighted by Crippen LogP contribution is -2.61. The molecular weight excluding hydrogens is 344 g/mol. The highest BCUT2D eigenvalue weighted by atomic mass is 79.9. The van der Waals surface area contributed by atoms with Crippen molar-refractivity contribution < 1.29 is 0 Å². The van der Waals surface area contributed by atoms with Crippen molar-refractivity contribution in [2.45, 2.75) is 64.5 Å². The van der Waals surface area contributed by atoms with Crippen molar-refractivity contribution in [3.63, 3.8) is 0 Å². The minimum Gasteiger partial charge on any atom is -0.312 e. The Labute approximate surface area is 142 Å². The summed E-state index contributed by atoms with van der Waals surface area (Å²) in [6, 6.07) is 2.80. The Morgan fingerprint density at radius 2 is 2.05 bits per heavy atom. The molecule has 0 amide bonds. The Bertz CT molecular complexity index is 428. The predicted octanol–water partition coefficient (Wildman–Crippen LogP) is 4.69. The Morgan fingerprint density at radius 1 is 1.33 bits per heavy atom. The fourth-order valence-electron chi connectivity index (χ4n) is 3.52. The van der Waals surface area contributed by atoms with Gasteiger partial charge in [0, 0.05) is 26.3 Å². The first-order chi connectivity index (χ1) is 10.1. The molecule has 2 rings (SSSR count). The van der Waals surface area contributed by atoms with E-state index >= 15 is 0 Å². The average Bonchev–Trinajstić information content (AvgIpc) is 2.92. The molecule has 2 unspecified atom stereocenters. The van der Waals surface area contributed by atoms with E-state index in [4.69, 9.17) is 0 Å². The van der Waals surface area contributed by atoms with Crippen LogP contribution in [-0.2, 0) is 6.42 Å². The third kappa shape index (κ3) is 4.31. The van der Waals surface area contributed by atoms with Gasteiger partial charge in [-0.15, -0.1) is 11.3 Å². The van der Waals surface area contributed by atoms with Gasteiger partial charge in [-0.1, -0.05) is 20.3 Å². The second-order valence-corrected chi connectivity index (χ2v) is 8.22. The van der Waals surface area contributed by atoms with Crippen LogP contribution in [0.15, 0.2) is 15.9 Å². The van der Waals surface area contributed by atoms with Gasteiger partial charge in [-0.2, -0.15) is 0 Å². The number of likely N-dealkylation sites (N-methyl/N-ethyl adjacent to an activating group) is 1. The Kier molecular flexibility index (Phi) is 6.73. The second kappa shape index (κ2) is 8.09. The molecule has 4 heteroatoms. The van der Waals surface area contributed by atoms with E-state index in [2.05, 4.69) is 58.4 Å². The number of likely N-dealkylation sites (tertiary alicyclic amines) is 1. The fourth-order valence-corrected chi connectivity index (χ4v) is 5.01. The van der Waals surface area contributed by atoms with Gasteiger partial charge in [0.25, 0.3) is 0 Å². The van der Waals surface area contributed by atoms with Crippen LogP contribution >= 0.6 is 27.3 Å². The van der Waals surface area contributed by atoms with Crippen LogP contribution in [0.2, 0.25) is 0 Å². The summed E-state index contributed by atoms with van der Waals surface area (Å²) in [7, 11) is 0. The number of thiophene rings is 1. The summed E-state index contributed by atoms with van der Waals surface area (Å²) in [5.74, 6) is 0. The van der Waals surface area contributed by atoms with Gasteiger partial charge >= 0.3 is 0 Å². The van der Waals surface area contributed by atoms with Gasteiger partial charge in [0.2, 0.25) is 0 Å². The van der Waals surface area contributed by atoms with Crippen LogP contribution in [-0.4, -0.2) is 36.1 Å². The average molecular weight is 373 g/mol. The zero-order valence-electron chi connectivity index (χ0n) is 13.6. The van der Waals surface area contributed by atoms with Gasteiger partial charge in [-0.05, 0) is 74.2 Å². The minimum absolute atomic E-state index is 0.257. The fraction of sp³-hybridized carbons (Fsp3) is 0.765. The quantitative estimate of drug-likeness (QED) is 0.746. The van der Waals surface area contributed by atoms with E-state index in [9.17, 15) is 0 Å². The number of halogens is 1. The monoisotopic (exact) mass is 372 g/mol. The normalized spacial score (nSPS) is 21.1. The standard InChI is InChI=1S/C17H29BrN2S/c1-4-17(3,20-9-7-6-8-10-20)16(19-5-2)12-15-11-14(18)13-21-15/h11,13,16,19H,4-10,12H2,1-3H3. The van der Waals surface area contributed by atoms with Gasteiger partial charge < -0.3 is 5.32 Å². The number of nitrogens with zero attached hydrogens (tertiary/aromatic N) is 1. The van der Waals surface area contributed by atoms with Crippen molar-refractivity contribution in [1.29, 1.82) is 0 Å². The first-order valence-corrected chi connectivity index (χ1v) is 9.98. The van der Waals surface area contributed by atoms with E-state index in [1.165, 1.54) is 48.1 Å². The Hall–Kier alpha value is 0.1000. The lowest BCUT2D eigenvalue weighted by atomic mass is 9.83. The summed E-state index contributed by atoms with van der Waals surface area (Å²) in [5, 5.41) is 5.98. The summed E-state index contributed by atoms with van der Waals surface area (Å²) in [4.78, 5) is 4.22. The van der Waals surface area contributed by atoms with Crippen molar-refractivity contribution in [3.05, 3.63) is 20.8 Å². The lowest BCUT2D eigenvalue weighted by molar-refractivity contribution is 0.0436. The molecule has 120 valence electrons. The molecule has 2 nitrogen and oxygen atoms in total. The second-order valence-electron chi connectivity index (χ2n) is 6.30. The van der Waals surface area contributed by atoms with Crippen LogP contribution in [0.5, 0.6) is 0 Å². The van der Waals surface area contributed by atoms with E-state index < -0.39 is 0 Å². The van der Waals surface area contributed by atoms with Crippen molar-refractivity contribution in [2.24, 2.45) is 0 Å². The van der Waals surface area contributed by atoms with Gasteiger partial charge in [0.1, 0.15) is 0 Å². The molecule has 1 aliphatic rings. The maximum atomic E-state index is 3.78. The van der Waals surface area contributed by atoms with Crippen LogP contribution in [0.25, 0.3) is 0 Å². The van der Waals surface area contributed by atoms with Crippen molar-refractivity contribution in [1.82, 2.24) is 10.2 Å². The lowest BCUT2D eigenvalue weighted by Gasteiger charge is -2.48. The third-order valence-electron chi connectivity index (χ3n) is 5.02. The zero-order valence-corrected chi connectivity index (χ0v) is 16.0. The van der Waals surface area contributed by atoms with Gasteiger partial charge in [0.15, 0.2) is 0 Å². The Balaban J connectivity index is 2.15. The molecule has 1 saturated heterocycles. The molecule has 1 aromatic rings. The molecule has 0 saturated carbocycles. The first-order valence-electron chi connectivity index (χ1n) is 8.31. The van der Waals surface area contributed by atoms with Crippen LogP contribution in [0.3, 0.4) is 0 Å². The summed E-state index contributed by atoms with van der Waals surface area (Å²) in [5.41, 5.74) is 0.257. The van der Waals surface area contributed by atoms with Gasteiger partial charge in [-0.25, -0.2) is 0 Å². The first kappa shape index (κ1) is 17.5. The summed E-state index contributed by atoms with van der Waals surface area (Å²) in [6.45, 7) is 10.6. The minimum atomic E-state index is 0.257. The molecule has 0 aliphatic carbocycles. The smallest absolute Gasteiger partial charge is 0.0335 e. The SMILES string of the molecule is CCNC(Cc1cc(Br)cs1)C(C)(CC)N1CCCCC1. The van der Waals surface area contributed by atoms with E-state index in [1.54, 1.807) is 0 Å². The molecule has 21 heavy (non-hydrogen) atoms. The number of hydrogen-bond donors (Lipinski definition) is 1. The summed E-state index contributed by atoms with van der Waals surface area (Å²) in [6.07, 6.45) is 6.46. The third-order valence-corrected chi connectivity index (χ3v) is 6.74. The van der Waals surface area contributed by atoms with Crippen LogP contribution < -0.4 is 5.32 Å². The summed E-state index contributed by atoms with van der Waals surface area (Å²) >= 11 is 5.46. The van der Waals surface area contributed by atoms with Gasteiger partial charge in [0.05, 0.1) is 0 Å². The van der Waals surface area contributed by atoms with Crippen LogP contribution in [0, 0.1) is 0 Å². The molecule has 2 atom stereocenters. The molecule has 2 heterocycles. The molecule has 1 aliphatic heterocycles. The largest absolute Gasteiger partial charge is 0.312 e. The van der Waals surface area contributed by atoms with E-state index in [-0.39, 0.29) is 5.54 Å². The van der Waals surface area contributed by atoms with Crippen molar-refractivity contribution in [2.75, 3.05) is 19.6 Å². The molecule has 1 N–H and O–H groups in total. The van der Waals surface area contributed by atoms with Crippen LogP contribution in [0.4, 0.5) is 0 Å². The highest BCUT2D eigenvalue weighted by Gasteiger charge is 2.38. The number of hydrogen-bond acceptors (Lipinski definition) is 3. The molecule has 1 aromatic heterocycles. The molecular formula is C17H29BrN2S. The molecule has 0 spiro atoms. The maximum Gasteiger partial charge on any atom is 0.0335 e. The number of rotatable bonds is 7. The summed E-state index contributed by atoms with van der Waals surface area (Å²) < 4.78 is 1.22. The maximum absolute atomic E-state index is 3.78. The zero-order chi connectivity index (χ0) is 15.3. The van der Waals surface area contributed by atoms with Crippen molar-refractivity contribution in [3.8, 4) is 0 Å². The number of piperidine rings is 1. The predicted molar refractivity (Wildman–Crippen MR) is 97.3 cm³/mol. The van der Waals surface area contributed by atoms with Gasteiger partial charge in [-0.3, -0.25) is 4.90 Å². The molecule has 0 aromatic carbocycles. The van der Waals surface area contributed by atoms with E-state index in [0.29, 0.717) is 6.04 Å². The van der Waals surface area contributed by atoms with Crippen LogP contribution in [0.1, 0.15) is 51.3 Å².